The van der Waals surface area contributed by atoms with Crippen molar-refractivity contribution in [2.45, 2.75) is 64.9 Å². The van der Waals surface area contributed by atoms with Gasteiger partial charge in [0.1, 0.15) is 5.75 Å². The maximum absolute atomic E-state index is 12.8. The van der Waals surface area contributed by atoms with Crippen molar-refractivity contribution in [3.63, 3.8) is 0 Å². The molecule has 0 bridgehead atoms. The summed E-state index contributed by atoms with van der Waals surface area (Å²) in [5.41, 5.74) is 1.33. The van der Waals surface area contributed by atoms with Crippen molar-refractivity contribution < 1.29 is 14.3 Å². The van der Waals surface area contributed by atoms with Crippen LogP contribution in [0.25, 0.3) is 0 Å². The second-order valence-electron chi connectivity index (χ2n) is 9.17. The zero-order valence-electron chi connectivity index (χ0n) is 17.7. The molecule has 0 saturated carbocycles. The summed E-state index contributed by atoms with van der Waals surface area (Å²) in [6, 6.07) is 7.99. The van der Waals surface area contributed by atoms with Crippen LogP contribution in [0.3, 0.4) is 0 Å². The van der Waals surface area contributed by atoms with Crippen LogP contribution in [0, 0.1) is 5.92 Å². The third kappa shape index (κ3) is 4.86. The molecule has 2 fully saturated rings. The molecule has 154 valence electrons. The van der Waals surface area contributed by atoms with Crippen LogP contribution in [0.1, 0.15) is 58.9 Å². The number of nitrogens with zero attached hydrogens (tertiary/aromatic N) is 2. The Kier molecular flexibility index (Phi) is 6.31. The molecule has 28 heavy (non-hydrogen) atoms. The molecule has 1 aromatic carbocycles. The van der Waals surface area contributed by atoms with Gasteiger partial charge in [0.15, 0.2) is 6.10 Å². The second kappa shape index (κ2) is 8.54. The monoisotopic (exact) mass is 386 g/mol. The Hall–Kier alpha value is -2.04. The lowest BCUT2D eigenvalue weighted by Crippen LogP contribution is -2.47. The maximum Gasteiger partial charge on any atom is 0.263 e. The van der Waals surface area contributed by atoms with Crippen molar-refractivity contribution >= 4 is 11.8 Å². The van der Waals surface area contributed by atoms with Gasteiger partial charge in [0.25, 0.3) is 5.91 Å². The van der Waals surface area contributed by atoms with Crippen molar-refractivity contribution in [3.05, 3.63) is 29.8 Å². The molecule has 1 unspecified atom stereocenters. The Morgan fingerprint density at radius 2 is 1.54 bits per heavy atom. The predicted octanol–water partition coefficient (Wildman–Crippen LogP) is 3.61. The Balaban J connectivity index is 1.49. The van der Waals surface area contributed by atoms with Gasteiger partial charge in [-0.1, -0.05) is 32.9 Å². The van der Waals surface area contributed by atoms with Crippen molar-refractivity contribution in [3.8, 4) is 5.75 Å². The van der Waals surface area contributed by atoms with Gasteiger partial charge in [-0.05, 0) is 55.7 Å². The van der Waals surface area contributed by atoms with E-state index in [0.717, 1.165) is 38.8 Å². The lowest BCUT2D eigenvalue weighted by atomic mass is 9.87. The highest BCUT2D eigenvalue weighted by Crippen LogP contribution is 2.26. The van der Waals surface area contributed by atoms with E-state index in [0.29, 0.717) is 18.8 Å². The summed E-state index contributed by atoms with van der Waals surface area (Å²) in [6.45, 7) is 11.4. The zero-order chi connectivity index (χ0) is 20.3. The Bertz CT molecular complexity index is 679. The van der Waals surface area contributed by atoms with Crippen LogP contribution in [0.5, 0.6) is 5.75 Å². The van der Waals surface area contributed by atoms with Crippen LogP contribution in [-0.2, 0) is 15.0 Å². The molecule has 2 saturated heterocycles. The van der Waals surface area contributed by atoms with Crippen LogP contribution in [0.4, 0.5) is 0 Å². The normalized spacial score (nSPS) is 19.6. The van der Waals surface area contributed by atoms with Crippen LogP contribution >= 0.6 is 0 Å². The molecule has 5 nitrogen and oxygen atoms in total. The summed E-state index contributed by atoms with van der Waals surface area (Å²) < 4.78 is 5.89. The second-order valence-corrected chi connectivity index (χ2v) is 9.17. The predicted molar refractivity (Wildman–Crippen MR) is 110 cm³/mol. The van der Waals surface area contributed by atoms with Crippen LogP contribution in [-0.4, -0.2) is 53.9 Å². The van der Waals surface area contributed by atoms with E-state index in [1.807, 2.05) is 28.9 Å². The van der Waals surface area contributed by atoms with Crippen LogP contribution in [0.2, 0.25) is 0 Å². The van der Waals surface area contributed by atoms with Crippen LogP contribution < -0.4 is 4.74 Å². The Morgan fingerprint density at radius 1 is 0.964 bits per heavy atom. The average molecular weight is 387 g/mol. The first-order valence-corrected chi connectivity index (χ1v) is 10.6. The van der Waals surface area contributed by atoms with Gasteiger partial charge in [0, 0.05) is 32.1 Å². The van der Waals surface area contributed by atoms with E-state index < -0.39 is 6.10 Å². The summed E-state index contributed by atoms with van der Waals surface area (Å²) in [6.07, 6.45) is 3.23. The fourth-order valence-corrected chi connectivity index (χ4v) is 4.09. The number of rotatable bonds is 4. The van der Waals surface area contributed by atoms with E-state index in [4.69, 9.17) is 4.74 Å². The maximum atomic E-state index is 12.8. The summed E-state index contributed by atoms with van der Waals surface area (Å²) in [7, 11) is 0. The van der Waals surface area contributed by atoms with Gasteiger partial charge in [-0.2, -0.15) is 0 Å². The van der Waals surface area contributed by atoms with E-state index in [2.05, 4.69) is 32.9 Å². The lowest BCUT2D eigenvalue weighted by Gasteiger charge is -2.34. The van der Waals surface area contributed by atoms with Gasteiger partial charge in [-0.15, -0.1) is 0 Å². The Morgan fingerprint density at radius 3 is 2.07 bits per heavy atom. The molecule has 2 aliphatic rings. The van der Waals surface area contributed by atoms with Gasteiger partial charge < -0.3 is 14.5 Å². The summed E-state index contributed by atoms with van der Waals surface area (Å²) in [4.78, 5) is 29.2. The number of carbonyl (C=O) groups excluding carboxylic acids is 2. The van der Waals surface area contributed by atoms with E-state index in [1.165, 1.54) is 5.56 Å². The van der Waals surface area contributed by atoms with E-state index >= 15 is 0 Å². The highest BCUT2D eigenvalue weighted by atomic mass is 16.5. The van der Waals surface area contributed by atoms with Gasteiger partial charge >= 0.3 is 0 Å². The van der Waals surface area contributed by atoms with E-state index in [-0.39, 0.29) is 23.1 Å². The third-order valence-corrected chi connectivity index (χ3v) is 5.95. The summed E-state index contributed by atoms with van der Waals surface area (Å²) >= 11 is 0. The van der Waals surface area contributed by atoms with Crippen molar-refractivity contribution in [1.82, 2.24) is 9.80 Å². The summed E-state index contributed by atoms with van der Waals surface area (Å²) in [5, 5.41) is 0. The standard InChI is InChI=1S/C23H34N2O3/c1-17(28-20-9-7-19(8-10-20)23(2,3)4)21(26)25-15-11-18(12-16-25)22(27)24-13-5-6-14-24/h7-10,17-18H,5-6,11-16H2,1-4H3. The first kappa shape index (κ1) is 20.7. The Labute approximate surface area is 169 Å². The molecule has 5 heteroatoms. The number of benzene rings is 1. The largest absolute Gasteiger partial charge is 0.481 e. The molecule has 0 spiro atoms. The van der Waals surface area contributed by atoms with Crippen molar-refractivity contribution in [1.29, 1.82) is 0 Å². The molecule has 0 aromatic heterocycles. The fraction of sp³-hybridized carbons (Fsp3) is 0.652. The summed E-state index contributed by atoms with van der Waals surface area (Å²) in [5.74, 6) is 1.08. The molecule has 0 radical (unpaired) electrons. The first-order chi connectivity index (χ1) is 13.3. The molecular weight excluding hydrogens is 352 g/mol. The van der Waals surface area contributed by atoms with Crippen LogP contribution in [0.15, 0.2) is 24.3 Å². The minimum atomic E-state index is -0.522. The molecular formula is C23H34N2O3. The average Bonchev–Trinajstić information content (AvgIpc) is 3.21. The molecule has 1 atom stereocenters. The third-order valence-electron chi connectivity index (χ3n) is 5.95. The quantitative estimate of drug-likeness (QED) is 0.794. The SMILES string of the molecule is CC(Oc1ccc(C(C)(C)C)cc1)C(=O)N1CCC(C(=O)N2CCCC2)CC1. The van der Waals surface area contributed by atoms with Crippen molar-refractivity contribution in [2.75, 3.05) is 26.2 Å². The number of ether oxygens (including phenoxy) is 1. The molecule has 0 aliphatic carbocycles. The van der Waals surface area contributed by atoms with Gasteiger partial charge in [-0.3, -0.25) is 9.59 Å². The van der Waals surface area contributed by atoms with Gasteiger partial charge in [0.05, 0.1) is 0 Å². The fourth-order valence-electron chi connectivity index (χ4n) is 4.09. The molecule has 2 amide bonds. The highest BCUT2D eigenvalue weighted by Gasteiger charge is 2.32. The van der Waals surface area contributed by atoms with Gasteiger partial charge in [-0.25, -0.2) is 0 Å². The smallest absolute Gasteiger partial charge is 0.263 e. The van der Waals surface area contributed by atoms with E-state index in [1.54, 1.807) is 0 Å². The first-order valence-electron chi connectivity index (χ1n) is 10.6. The minimum Gasteiger partial charge on any atom is -0.481 e. The number of carbonyl (C=O) groups is 2. The topological polar surface area (TPSA) is 49.9 Å². The lowest BCUT2D eigenvalue weighted by molar-refractivity contribution is -0.143. The molecule has 3 rings (SSSR count). The number of piperidine rings is 1. The number of likely N-dealkylation sites (tertiary alicyclic amines) is 2. The van der Waals surface area contributed by atoms with Crippen molar-refractivity contribution in [2.24, 2.45) is 5.92 Å². The van der Waals surface area contributed by atoms with E-state index in [9.17, 15) is 9.59 Å². The number of hydrogen-bond donors (Lipinski definition) is 0. The molecule has 0 N–H and O–H groups in total. The highest BCUT2D eigenvalue weighted by molar-refractivity contribution is 5.82. The molecule has 1 aromatic rings. The zero-order valence-corrected chi connectivity index (χ0v) is 17.7. The van der Waals surface area contributed by atoms with Gasteiger partial charge in [0.2, 0.25) is 5.91 Å². The number of amides is 2. The molecule has 2 aliphatic heterocycles. The molecule has 2 heterocycles. The number of hydrogen-bond acceptors (Lipinski definition) is 3. The minimum absolute atomic E-state index is 0.00645.